The topological polar surface area (TPSA) is 95.9 Å². The molecule has 82 valence electrons. The number of rotatable bonds is 4. The largest absolute Gasteiger partial charge is 0.478 e. The molecule has 0 aliphatic carbocycles. The zero-order valence-electron chi connectivity index (χ0n) is 8.02. The second-order valence-electron chi connectivity index (χ2n) is 1.91. The molecule has 0 radical (unpaired) electrons. The van der Waals surface area contributed by atoms with Crippen LogP contribution in [0.2, 0.25) is 0 Å². The molecule has 0 atom stereocenters. The number of aliphatic hydroxyl groups excluding tert-OH is 1. The Bertz CT molecular complexity index is 181. The van der Waals surface area contributed by atoms with Crippen molar-refractivity contribution in [2.24, 2.45) is 0 Å². The van der Waals surface area contributed by atoms with Gasteiger partial charge in [-0.1, -0.05) is 6.58 Å². The van der Waals surface area contributed by atoms with Crippen molar-refractivity contribution in [2.75, 3.05) is 19.8 Å². The van der Waals surface area contributed by atoms with Crippen molar-refractivity contribution in [1.29, 1.82) is 0 Å². The second kappa shape index (κ2) is 11.4. The van der Waals surface area contributed by atoms with Gasteiger partial charge in [-0.25, -0.2) is 9.59 Å². The van der Waals surface area contributed by atoms with Gasteiger partial charge in [0, 0.05) is 12.6 Å². The van der Waals surface area contributed by atoms with Gasteiger partial charge in [0.25, 0.3) is 0 Å². The Balaban J connectivity index is 0. The van der Waals surface area contributed by atoms with E-state index in [-0.39, 0.29) is 13.2 Å². The van der Waals surface area contributed by atoms with E-state index in [2.05, 4.69) is 16.6 Å². The molecule has 0 heterocycles. The van der Waals surface area contributed by atoms with Crippen LogP contribution in [0.25, 0.3) is 0 Å². The zero-order chi connectivity index (χ0) is 11.4. The second-order valence-corrected chi connectivity index (χ2v) is 1.91. The van der Waals surface area contributed by atoms with Crippen LogP contribution >= 0.6 is 0 Å². The minimum atomic E-state index is -0.981. The molecule has 14 heavy (non-hydrogen) atoms. The molecule has 0 fully saturated rings. The average Bonchev–Trinajstić information content (AvgIpc) is 2.16. The SMILES string of the molecule is C=CC(=O)O.CCOC(=O)NCCO. The number of amides is 1. The third-order valence-electron chi connectivity index (χ3n) is 0.831. The van der Waals surface area contributed by atoms with Gasteiger partial charge in [0.1, 0.15) is 0 Å². The number of carboxylic acids is 1. The molecule has 0 saturated heterocycles. The van der Waals surface area contributed by atoms with Crippen molar-refractivity contribution >= 4 is 12.1 Å². The number of carboxylic acid groups (broad SMARTS) is 1. The third kappa shape index (κ3) is 16.8. The summed E-state index contributed by atoms with van der Waals surface area (Å²) in [5, 5.41) is 18.1. The monoisotopic (exact) mass is 205 g/mol. The third-order valence-corrected chi connectivity index (χ3v) is 0.831. The summed E-state index contributed by atoms with van der Waals surface area (Å²) in [6, 6.07) is 0. The van der Waals surface area contributed by atoms with E-state index in [0.717, 1.165) is 6.08 Å². The Labute approximate surface area is 82.2 Å². The fraction of sp³-hybridized carbons (Fsp3) is 0.500. The van der Waals surface area contributed by atoms with E-state index in [0.29, 0.717) is 6.61 Å². The number of carbonyl (C=O) groups excluding carboxylic acids is 1. The molecule has 3 N–H and O–H groups in total. The fourth-order valence-corrected chi connectivity index (χ4v) is 0.340. The van der Waals surface area contributed by atoms with Gasteiger partial charge >= 0.3 is 12.1 Å². The van der Waals surface area contributed by atoms with Crippen LogP contribution in [0.5, 0.6) is 0 Å². The van der Waals surface area contributed by atoms with Crippen LogP contribution in [0.4, 0.5) is 4.79 Å². The zero-order valence-corrected chi connectivity index (χ0v) is 8.02. The van der Waals surface area contributed by atoms with E-state index < -0.39 is 12.1 Å². The number of hydrogen-bond acceptors (Lipinski definition) is 4. The van der Waals surface area contributed by atoms with Crippen molar-refractivity contribution in [2.45, 2.75) is 6.92 Å². The van der Waals surface area contributed by atoms with Crippen LogP contribution in [0.3, 0.4) is 0 Å². The van der Waals surface area contributed by atoms with Gasteiger partial charge in [-0.15, -0.1) is 0 Å². The normalized spacial score (nSPS) is 7.86. The van der Waals surface area contributed by atoms with E-state index in [1.807, 2.05) is 0 Å². The molecule has 0 unspecified atom stereocenters. The van der Waals surface area contributed by atoms with Crippen LogP contribution < -0.4 is 5.32 Å². The van der Waals surface area contributed by atoms with Gasteiger partial charge in [0.05, 0.1) is 13.2 Å². The molecule has 0 aromatic rings. The first kappa shape index (κ1) is 14.9. The number of ether oxygens (including phenoxy) is 1. The molecule has 0 aliphatic rings. The van der Waals surface area contributed by atoms with E-state index >= 15 is 0 Å². The molecule has 0 aliphatic heterocycles. The van der Waals surface area contributed by atoms with E-state index in [9.17, 15) is 9.59 Å². The number of hydrogen-bond donors (Lipinski definition) is 3. The minimum absolute atomic E-state index is 0.0567. The van der Waals surface area contributed by atoms with Crippen molar-refractivity contribution in [3.05, 3.63) is 12.7 Å². The standard InChI is InChI=1S/C5H11NO3.C3H4O2/c1-2-9-5(8)6-3-4-7;1-2-3(4)5/h7H,2-4H2,1H3,(H,6,8);2H,1H2,(H,4,5). The molecule has 0 rings (SSSR count). The lowest BCUT2D eigenvalue weighted by atomic mass is 10.7. The van der Waals surface area contributed by atoms with E-state index in [1.165, 1.54) is 0 Å². The lowest BCUT2D eigenvalue weighted by Gasteiger charge is -2.00. The lowest BCUT2D eigenvalue weighted by Crippen LogP contribution is -2.26. The van der Waals surface area contributed by atoms with Crippen molar-refractivity contribution in [1.82, 2.24) is 5.32 Å². The maximum absolute atomic E-state index is 10.4. The molecule has 6 heteroatoms. The summed E-state index contributed by atoms with van der Waals surface area (Å²) in [7, 11) is 0. The predicted molar refractivity (Wildman–Crippen MR) is 49.9 cm³/mol. The van der Waals surface area contributed by atoms with Crippen molar-refractivity contribution in [3.63, 3.8) is 0 Å². The van der Waals surface area contributed by atoms with Crippen LogP contribution in [-0.2, 0) is 9.53 Å². The van der Waals surface area contributed by atoms with Crippen LogP contribution in [0.1, 0.15) is 6.92 Å². The highest BCUT2D eigenvalue weighted by molar-refractivity contribution is 5.78. The Morgan fingerprint density at radius 3 is 2.36 bits per heavy atom. The molecular weight excluding hydrogens is 190 g/mol. The van der Waals surface area contributed by atoms with Gasteiger partial charge in [0.15, 0.2) is 0 Å². The maximum atomic E-state index is 10.4. The fourth-order valence-electron chi connectivity index (χ4n) is 0.340. The van der Waals surface area contributed by atoms with Crippen LogP contribution in [0.15, 0.2) is 12.7 Å². The summed E-state index contributed by atoms with van der Waals surface area (Å²) in [5.74, 6) is -0.981. The molecule has 0 spiro atoms. The number of aliphatic carboxylic acids is 1. The highest BCUT2D eigenvalue weighted by Crippen LogP contribution is 1.73. The number of alkyl carbamates (subject to hydrolysis) is 1. The summed E-state index contributed by atoms with van der Waals surface area (Å²) >= 11 is 0. The smallest absolute Gasteiger partial charge is 0.407 e. The summed E-state index contributed by atoms with van der Waals surface area (Å²) in [5.41, 5.74) is 0. The highest BCUT2D eigenvalue weighted by atomic mass is 16.5. The van der Waals surface area contributed by atoms with Crippen molar-refractivity contribution < 1.29 is 24.5 Å². The van der Waals surface area contributed by atoms with Gasteiger partial charge < -0.3 is 20.3 Å². The molecular formula is C8H15NO5. The maximum Gasteiger partial charge on any atom is 0.407 e. The molecule has 1 amide bonds. The van der Waals surface area contributed by atoms with Crippen LogP contribution in [-0.4, -0.2) is 42.0 Å². The lowest BCUT2D eigenvalue weighted by molar-refractivity contribution is -0.131. The molecule has 0 aromatic heterocycles. The first-order valence-corrected chi connectivity index (χ1v) is 3.95. The number of carbonyl (C=O) groups is 2. The summed E-state index contributed by atoms with van der Waals surface area (Å²) in [6.07, 6.45) is 0.353. The van der Waals surface area contributed by atoms with Gasteiger partial charge in [-0.2, -0.15) is 0 Å². The molecule has 0 saturated carbocycles. The predicted octanol–water partition coefficient (Wildman–Crippen LogP) is -0.0182. The first-order valence-electron chi connectivity index (χ1n) is 3.95. The Kier molecular flexibility index (Phi) is 12.2. The first-order chi connectivity index (χ1) is 6.58. The van der Waals surface area contributed by atoms with E-state index in [4.69, 9.17) is 10.2 Å². The number of nitrogens with one attached hydrogen (secondary N) is 1. The van der Waals surface area contributed by atoms with Gasteiger partial charge in [0.2, 0.25) is 0 Å². The van der Waals surface area contributed by atoms with Gasteiger partial charge in [-0.3, -0.25) is 0 Å². The molecule has 6 nitrogen and oxygen atoms in total. The number of aliphatic hydroxyl groups is 1. The summed E-state index contributed by atoms with van der Waals surface area (Å²) < 4.78 is 4.48. The minimum Gasteiger partial charge on any atom is -0.478 e. The van der Waals surface area contributed by atoms with E-state index in [1.54, 1.807) is 6.92 Å². The Morgan fingerprint density at radius 1 is 1.57 bits per heavy atom. The molecule has 0 aromatic carbocycles. The average molecular weight is 205 g/mol. The highest BCUT2D eigenvalue weighted by Gasteiger charge is 1.95. The summed E-state index contributed by atoms with van der Waals surface area (Å²) in [6.45, 7) is 5.23. The Hall–Kier alpha value is -1.56. The molecule has 0 bridgehead atoms. The quantitative estimate of drug-likeness (QED) is 0.560. The van der Waals surface area contributed by atoms with Gasteiger partial charge in [-0.05, 0) is 6.92 Å². The van der Waals surface area contributed by atoms with Crippen molar-refractivity contribution in [3.8, 4) is 0 Å². The van der Waals surface area contributed by atoms with Crippen LogP contribution in [0, 0.1) is 0 Å². The summed E-state index contributed by atoms with van der Waals surface area (Å²) in [4.78, 5) is 19.6. The Morgan fingerprint density at radius 2 is 2.07 bits per heavy atom.